The normalized spacial score (nSPS) is 12.6. The highest BCUT2D eigenvalue weighted by Crippen LogP contribution is 2.23. The average Bonchev–Trinajstić information content (AvgIpc) is 2.68. The first-order valence-electron chi connectivity index (χ1n) is 11.4. The Morgan fingerprint density at radius 2 is 1.52 bits per heavy atom. The molecule has 0 fully saturated rings. The Kier molecular flexibility index (Phi) is 13.2. The smallest absolute Gasteiger partial charge is 0.304 e. The van der Waals surface area contributed by atoms with Crippen molar-refractivity contribution >= 4 is 17.8 Å². The quantitative estimate of drug-likeness (QED) is 0.242. The SMILES string of the molecule is CCCCCCCCCCc1cccc(C(CC(NC(C)=O)OC(C)=O)OC(C)=O)n1. The molecule has 1 heterocycles. The molecule has 0 bridgehead atoms. The van der Waals surface area contributed by atoms with Gasteiger partial charge in [0.1, 0.15) is 6.10 Å². The van der Waals surface area contributed by atoms with Gasteiger partial charge in [-0.3, -0.25) is 19.4 Å². The third-order valence-electron chi connectivity index (χ3n) is 4.85. The molecule has 0 spiro atoms. The van der Waals surface area contributed by atoms with Gasteiger partial charge < -0.3 is 14.8 Å². The number of aryl methyl sites for hydroxylation is 1. The summed E-state index contributed by atoms with van der Waals surface area (Å²) in [6, 6.07) is 5.63. The maximum absolute atomic E-state index is 11.6. The molecule has 1 N–H and O–H groups in total. The van der Waals surface area contributed by atoms with E-state index >= 15 is 0 Å². The van der Waals surface area contributed by atoms with Crippen LogP contribution in [0, 0.1) is 0 Å². The van der Waals surface area contributed by atoms with Crippen molar-refractivity contribution < 1.29 is 23.9 Å². The van der Waals surface area contributed by atoms with Crippen LogP contribution in [0.5, 0.6) is 0 Å². The standard InChI is InChI=1S/C24H38N2O5/c1-5-6-7-8-9-10-11-12-14-21-15-13-16-22(26-21)23(30-19(3)28)17-24(25-18(2)27)31-20(4)29/h13,15-16,23-24H,5-12,14,17H2,1-4H3,(H,25,27). The van der Waals surface area contributed by atoms with Crippen molar-refractivity contribution in [2.24, 2.45) is 0 Å². The van der Waals surface area contributed by atoms with Gasteiger partial charge in [-0.25, -0.2) is 0 Å². The van der Waals surface area contributed by atoms with Crippen LogP contribution in [0.25, 0.3) is 0 Å². The van der Waals surface area contributed by atoms with Crippen molar-refractivity contribution in [1.82, 2.24) is 10.3 Å². The van der Waals surface area contributed by atoms with E-state index in [1.165, 1.54) is 65.7 Å². The highest BCUT2D eigenvalue weighted by atomic mass is 16.6. The number of hydrogen-bond acceptors (Lipinski definition) is 6. The first kappa shape index (κ1) is 26.6. The maximum Gasteiger partial charge on any atom is 0.304 e. The summed E-state index contributed by atoms with van der Waals surface area (Å²) in [5.41, 5.74) is 1.51. The number of nitrogens with zero attached hydrogens (tertiary/aromatic N) is 1. The Hall–Kier alpha value is -2.44. The van der Waals surface area contributed by atoms with Crippen LogP contribution in [-0.2, 0) is 30.3 Å². The molecule has 0 aliphatic carbocycles. The number of esters is 2. The van der Waals surface area contributed by atoms with Crippen molar-refractivity contribution in [2.75, 3.05) is 0 Å². The summed E-state index contributed by atoms with van der Waals surface area (Å²) < 4.78 is 10.6. The zero-order chi connectivity index (χ0) is 23.1. The highest BCUT2D eigenvalue weighted by Gasteiger charge is 2.25. The van der Waals surface area contributed by atoms with Gasteiger partial charge in [-0.2, -0.15) is 0 Å². The van der Waals surface area contributed by atoms with Crippen LogP contribution in [0.4, 0.5) is 0 Å². The molecule has 174 valence electrons. The van der Waals surface area contributed by atoms with Gasteiger partial charge in [0.2, 0.25) is 5.91 Å². The fourth-order valence-electron chi connectivity index (χ4n) is 3.44. The average molecular weight is 435 g/mol. The van der Waals surface area contributed by atoms with Crippen LogP contribution in [0.2, 0.25) is 0 Å². The Labute approximate surface area is 186 Å². The zero-order valence-electron chi connectivity index (χ0n) is 19.4. The number of amides is 1. The van der Waals surface area contributed by atoms with Gasteiger partial charge in [-0.15, -0.1) is 0 Å². The number of carbonyl (C=O) groups is 3. The molecule has 0 aromatic carbocycles. The highest BCUT2D eigenvalue weighted by molar-refractivity contribution is 5.73. The Morgan fingerprint density at radius 3 is 2.10 bits per heavy atom. The van der Waals surface area contributed by atoms with Crippen LogP contribution < -0.4 is 5.32 Å². The fraction of sp³-hybridized carbons (Fsp3) is 0.667. The summed E-state index contributed by atoms with van der Waals surface area (Å²) in [7, 11) is 0. The molecule has 31 heavy (non-hydrogen) atoms. The summed E-state index contributed by atoms with van der Waals surface area (Å²) in [6.45, 7) is 6.14. The minimum absolute atomic E-state index is 0.0902. The van der Waals surface area contributed by atoms with Crippen LogP contribution in [-0.4, -0.2) is 29.1 Å². The second kappa shape index (κ2) is 15.4. The second-order valence-electron chi connectivity index (χ2n) is 7.91. The Balaban J connectivity index is 2.69. The largest absolute Gasteiger partial charge is 0.456 e. The number of nitrogens with one attached hydrogen (secondary N) is 1. The lowest BCUT2D eigenvalue weighted by Gasteiger charge is -2.23. The van der Waals surface area contributed by atoms with E-state index in [0.29, 0.717) is 5.69 Å². The lowest BCUT2D eigenvalue weighted by molar-refractivity contribution is -0.155. The summed E-state index contributed by atoms with van der Waals surface area (Å²) in [4.78, 5) is 39.1. The van der Waals surface area contributed by atoms with Gasteiger partial charge in [-0.1, -0.05) is 57.9 Å². The topological polar surface area (TPSA) is 94.6 Å². The third kappa shape index (κ3) is 12.8. The van der Waals surface area contributed by atoms with E-state index in [-0.39, 0.29) is 12.3 Å². The van der Waals surface area contributed by atoms with Gasteiger partial charge in [0.25, 0.3) is 0 Å². The van der Waals surface area contributed by atoms with E-state index in [0.717, 1.165) is 18.5 Å². The van der Waals surface area contributed by atoms with Crippen LogP contribution in [0.1, 0.15) is 103 Å². The Morgan fingerprint density at radius 1 is 0.903 bits per heavy atom. The van der Waals surface area contributed by atoms with E-state index in [4.69, 9.17) is 9.47 Å². The molecule has 2 unspecified atom stereocenters. The molecule has 1 rings (SSSR count). The number of carbonyl (C=O) groups excluding carboxylic acids is 3. The first-order valence-corrected chi connectivity index (χ1v) is 11.4. The maximum atomic E-state index is 11.6. The molecule has 2 atom stereocenters. The van der Waals surface area contributed by atoms with Gasteiger partial charge in [0.15, 0.2) is 6.23 Å². The zero-order valence-corrected chi connectivity index (χ0v) is 19.4. The van der Waals surface area contributed by atoms with E-state index in [1.54, 1.807) is 6.07 Å². The molecule has 0 aliphatic heterocycles. The van der Waals surface area contributed by atoms with Crippen molar-refractivity contribution in [3.63, 3.8) is 0 Å². The lowest BCUT2D eigenvalue weighted by atomic mass is 10.1. The molecule has 1 aromatic rings. The molecule has 0 radical (unpaired) electrons. The lowest BCUT2D eigenvalue weighted by Crippen LogP contribution is -2.38. The molecule has 0 saturated heterocycles. The predicted octanol–water partition coefficient (Wildman–Crippen LogP) is 4.78. The Bertz CT molecular complexity index is 676. The second-order valence-corrected chi connectivity index (χ2v) is 7.91. The summed E-state index contributed by atoms with van der Waals surface area (Å²) >= 11 is 0. The van der Waals surface area contributed by atoms with Gasteiger partial charge in [0, 0.05) is 32.9 Å². The minimum atomic E-state index is -0.905. The molecular formula is C24H38N2O5. The number of aromatic nitrogens is 1. The molecule has 7 nitrogen and oxygen atoms in total. The van der Waals surface area contributed by atoms with Gasteiger partial charge in [0.05, 0.1) is 5.69 Å². The van der Waals surface area contributed by atoms with Crippen molar-refractivity contribution in [3.05, 3.63) is 29.6 Å². The molecule has 7 heteroatoms. The van der Waals surface area contributed by atoms with Crippen molar-refractivity contribution in [1.29, 1.82) is 0 Å². The summed E-state index contributed by atoms with van der Waals surface area (Å²) in [5.74, 6) is -1.34. The number of pyridine rings is 1. The van der Waals surface area contributed by atoms with Gasteiger partial charge >= 0.3 is 11.9 Å². The fourth-order valence-corrected chi connectivity index (χ4v) is 3.44. The van der Waals surface area contributed by atoms with Crippen molar-refractivity contribution in [3.8, 4) is 0 Å². The number of hydrogen-bond donors (Lipinski definition) is 1. The van der Waals surface area contributed by atoms with Crippen LogP contribution >= 0.6 is 0 Å². The molecular weight excluding hydrogens is 396 g/mol. The van der Waals surface area contributed by atoms with Crippen LogP contribution in [0.3, 0.4) is 0 Å². The monoisotopic (exact) mass is 434 g/mol. The first-order chi connectivity index (χ1) is 14.8. The predicted molar refractivity (Wildman–Crippen MR) is 119 cm³/mol. The number of ether oxygens (including phenoxy) is 2. The number of unbranched alkanes of at least 4 members (excludes halogenated alkanes) is 7. The van der Waals surface area contributed by atoms with Gasteiger partial charge in [-0.05, 0) is 25.0 Å². The van der Waals surface area contributed by atoms with E-state index < -0.39 is 24.3 Å². The minimum Gasteiger partial charge on any atom is -0.456 e. The molecule has 0 saturated carbocycles. The molecule has 1 amide bonds. The van der Waals surface area contributed by atoms with E-state index in [9.17, 15) is 14.4 Å². The van der Waals surface area contributed by atoms with E-state index in [2.05, 4.69) is 17.2 Å². The molecule has 1 aromatic heterocycles. The van der Waals surface area contributed by atoms with Crippen LogP contribution in [0.15, 0.2) is 18.2 Å². The van der Waals surface area contributed by atoms with E-state index in [1.807, 2.05) is 12.1 Å². The third-order valence-corrected chi connectivity index (χ3v) is 4.85. The molecule has 0 aliphatic rings. The summed E-state index contributed by atoms with van der Waals surface area (Å²) in [5, 5.41) is 2.56. The summed E-state index contributed by atoms with van der Waals surface area (Å²) in [6.07, 6.45) is 9.28. The number of rotatable bonds is 15. The van der Waals surface area contributed by atoms with Crippen molar-refractivity contribution in [2.45, 2.75) is 104 Å².